The molecule has 0 aliphatic carbocycles. The van der Waals surface area contributed by atoms with Crippen LogP contribution in [0, 0.1) is 0 Å². The largest absolute Gasteiger partial charge is 0.480 e. The number of rotatable bonds is 9. The summed E-state index contributed by atoms with van der Waals surface area (Å²) in [6.07, 6.45) is -1.16. The van der Waals surface area contributed by atoms with Gasteiger partial charge < -0.3 is 20.4 Å². The molecule has 0 aromatic heterocycles. The maximum atomic E-state index is 13.0. The summed E-state index contributed by atoms with van der Waals surface area (Å²) in [5, 5.41) is 22.4. The van der Waals surface area contributed by atoms with Crippen molar-refractivity contribution in [3.63, 3.8) is 0 Å². The van der Waals surface area contributed by atoms with E-state index in [0.29, 0.717) is 18.4 Å². The highest BCUT2D eigenvalue weighted by atomic mass is 16.4. The molecule has 3 rings (SSSR count). The molecular formula is C24H26N2O6. The van der Waals surface area contributed by atoms with Crippen LogP contribution in [0.4, 0.5) is 0 Å². The molecule has 3 N–H and O–H groups in total. The topological polar surface area (TPSA) is 124 Å². The number of nitrogens with one attached hydrogen (secondary N) is 1. The minimum atomic E-state index is -1.67. The maximum absolute atomic E-state index is 13.0. The zero-order chi connectivity index (χ0) is 23.1. The highest BCUT2D eigenvalue weighted by molar-refractivity contribution is 5.99. The van der Waals surface area contributed by atoms with E-state index in [1.165, 1.54) is 0 Å². The van der Waals surface area contributed by atoms with Crippen molar-refractivity contribution in [2.45, 2.75) is 43.9 Å². The first-order valence-electron chi connectivity index (χ1n) is 10.5. The number of aliphatic carboxylic acids is 1. The van der Waals surface area contributed by atoms with E-state index >= 15 is 0 Å². The SMILES string of the molecule is O=C(N[C@@H](Cc1ccccc1)C(=O)C[C@H](O)C(=O)N1CCC[C@H]1C(=O)O)c1ccccc1. The molecule has 3 atom stereocenters. The molecule has 1 aliphatic heterocycles. The fourth-order valence-electron chi connectivity index (χ4n) is 3.83. The summed E-state index contributed by atoms with van der Waals surface area (Å²) in [6, 6.07) is 15.6. The average Bonchev–Trinajstić information content (AvgIpc) is 3.29. The van der Waals surface area contributed by atoms with Crippen LogP contribution in [0.3, 0.4) is 0 Å². The molecule has 0 saturated carbocycles. The quantitative estimate of drug-likeness (QED) is 0.544. The number of nitrogens with zero attached hydrogens (tertiary/aromatic N) is 1. The highest BCUT2D eigenvalue weighted by Gasteiger charge is 2.37. The van der Waals surface area contributed by atoms with Crippen LogP contribution < -0.4 is 5.32 Å². The van der Waals surface area contributed by atoms with Crippen LogP contribution in [0.5, 0.6) is 0 Å². The lowest BCUT2D eigenvalue weighted by Gasteiger charge is -2.25. The number of amides is 2. The molecule has 2 aromatic rings. The molecule has 1 aliphatic rings. The first-order valence-corrected chi connectivity index (χ1v) is 10.5. The van der Waals surface area contributed by atoms with Gasteiger partial charge in [0.25, 0.3) is 11.8 Å². The molecule has 8 nitrogen and oxygen atoms in total. The Labute approximate surface area is 185 Å². The van der Waals surface area contributed by atoms with Gasteiger partial charge in [-0.2, -0.15) is 0 Å². The molecule has 0 bridgehead atoms. The third kappa shape index (κ3) is 5.79. The predicted molar refractivity (Wildman–Crippen MR) is 116 cm³/mol. The molecule has 1 saturated heterocycles. The Hall–Kier alpha value is -3.52. The number of benzene rings is 2. The van der Waals surface area contributed by atoms with Crippen LogP contribution >= 0.6 is 0 Å². The number of hydrogen-bond donors (Lipinski definition) is 3. The van der Waals surface area contributed by atoms with Crippen molar-refractivity contribution in [3.05, 3.63) is 71.8 Å². The number of carbonyl (C=O) groups excluding carboxylic acids is 3. The van der Waals surface area contributed by atoms with Crippen molar-refractivity contribution in [2.75, 3.05) is 6.54 Å². The predicted octanol–water partition coefficient (Wildman–Crippen LogP) is 1.42. The fourth-order valence-corrected chi connectivity index (χ4v) is 3.83. The van der Waals surface area contributed by atoms with Gasteiger partial charge in [0.05, 0.1) is 6.04 Å². The van der Waals surface area contributed by atoms with E-state index in [1.54, 1.807) is 30.3 Å². The van der Waals surface area contributed by atoms with Gasteiger partial charge in [-0.1, -0.05) is 48.5 Å². The molecule has 8 heteroatoms. The first-order chi connectivity index (χ1) is 15.4. The smallest absolute Gasteiger partial charge is 0.326 e. The normalized spacial score (nSPS) is 17.4. The zero-order valence-electron chi connectivity index (χ0n) is 17.5. The lowest BCUT2D eigenvalue weighted by molar-refractivity contribution is -0.152. The second-order valence-corrected chi connectivity index (χ2v) is 7.80. The van der Waals surface area contributed by atoms with Gasteiger partial charge in [-0.3, -0.25) is 14.4 Å². The van der Waals surface area contributed by atoms with Crippen LogP contribution in [0.25, 0.3) is 0 Å². The van der Waals surface area contributed by atoms with Crippen LogP contribution in [0.1, 0.15) is 35.2 Å². The second-order valence-electron chi connectivity index (χ2n) is 7.80. The summed E-state index contributed by atoms with van der Waals surface area (Å²) in [7, 11) is 0. The molecule has 0 radical (unpaired) electrons. The Kier molecular flexibility index (Phi) is 7.72. The van der Waals surface area contributed by atoms with Crippen LogP contribution in [0.2, 0.25) is 0 Å². The van der Waals surface area contributed by atoms with E-state index in [1.807, 2.05) is 30.3 Å². The average molecular weight is 438 g/mol. The summed E-state index contributed by atoms with van der Waals surface area (Å²) in [4.78, 5) is 50.7. The molecule has 168 valence electrons. The van der Waals surface area contributed by atoms with Crippen molar-refractivity contribution in [1.82, 2.24) is 10.2 Å². The summed E-state index contributed by atoms with van der Waals surface area (Å²) in [6.45, 7) is 0.221. The number of Topliss-reactive ketones (excluding diaryl/α,β-unsaturated/α-hetero) is 1. The minimum Gasteiger partial charge on any atom is -0.480 e. The standard InChI is InChI=1S/C24H26N2O6/c27-20(15-21(28)23(30)26-13-7-12-19(26)24(31)32)18(14-16-8-3-1-4-9-16)25-22(29)17-10-5-2-6-11-17/h1-6,8-11,18-19,21,28H,7,12-15H2,(H,25,29)(H,31,32)/t18-,19-,21-/m0/s1. The van der Waals surface area contributed by atoms with Gasteiger partial charge in [-0.25, -0.2) is 4.79 Å². The summed E-state index contributed by atoms with van der Waals surface area (Å²) >= 11 is 0. The fraction of sp³-hybridized carbons (Fsp3) is 0.333. The maximum Gasteiger partial charge on any atom is 0.326 e. The lowest BCUT2D eigenvalue weighted by atomic mass is 9.97. The molecule has 0 spiro atoms. The van der Waals surface area contributed by atoms with Crippen molar-refractivity contribution in [2.24, 2.45) is 0 Å². The Morgan fingerprint density at radius 1 is 1.00 bits per heavy atom. The zero-order valence-corrected chi connectivity index (χ0v) is 17.5. The van der Waals surface area contributed by atoms with E-state index in [4.69, 9.17) is 0 Å². The van der Waals surface area contributed by atoms with Gasteiger partial charge >= 0.3 is 5.97 Å². The summed E-state index contributed by atoms with van der Waals surface area (Å²) in [5.74, 6) is -2.86. The lowest BCUT2D eigenvalue weighted by Crippen LogP contribution is -2.48. The van der Waals surface area contributed by atoms with E-state index < -0.39 is 48.2 Å². The van der Waals surface area contributed by atoms with Crippen LogP contribution in [-0.4, -0.2) is 63.4 Å². The van der Waals surface area contributed by atoms with Gasteiger partial charge in [-0.15, -0.1) is 0 Å². The van der Waals surface area contributed by atoms with Crippen molar-refractivity contribution < 1.29 is 29.4 Å². The number of hydrogen-bond acceptors (Lipinski definition) is 5. The Morgan fingerprint density at radius 2 is 1.62 bits per heavy atom. The van der Waals surface area contributed by atoms with Gasteiger partial charge in [0.15, 0.2) is 5.78 Å². The summed E-state index contributed by atoms with van der Waals surface area (Å²) in [5.41, 5.74) is 1.20. The van der Waals surface area contributed by atoms with Gasteiger partial charge in [-0.05, 0) is 37.0 Å². The van der Waals surface area contributed by atoms with Crippen LogP contribution in [-0.2, 0) is 20.8 Å². The van der Waals surface area contributed by atoms with Gasteiger partial charge in [0.1, 0.15) is 12.1 Å². The third-order valence-electron chi connectivity index (χ3n) is 5.51. The van der Waals surface area contributed by atoms with E-state index in [-0.39, 0.29) is 13.0 Å². The molecule has 2 amide bonds. The number of ketones is 1. The number of likely N-dealkylation sites (tertiary alicyclic amines) is 1. The second kappa shape index (κ2) is 10.7. The molecular weight excluding hydrogens is 412 g/mol. The van der Waals surface area contributed by atoms with E-state index in [0.717, 1.165) is 10.5 Å². The van der Waals surface area contributed by atoms with Crippen LogP contribution in [0.15, 0.2) is 60.7 Å². The first kappa shape index (κ1) is 23.1. The molecule has 32 heavy (non-hydrogen) atoms. The van der Waals surface area contributed by atoms with Gasteiger partial charge in [0.2, 0.25) is 0 Å². The Balaban J connectivity index is 1.71. The number of carboxylic acid groups (broad SMARTS) is 1. The molecule has 1 fully saturated rings. The number of aliphatic hydroxyl groups is 1. The van der Waals surface area contributed by atoms with Gasteiger partial charge in [0, 0.05) is 18.5 Å². The highest BCUT2D eigenvalue weighted by Crippen LogP contribution is 2.19. The Bertz CT molecular complexity index is 963. The number of aliphatic hydroxyl groups excluding tert-OH is 1. The monoisotopic (exact) mass is 438 g/mol. The third-order valence-corrected chi connectivity index (χ3v) is 5.51. The van der Waals surface area contributed by atoms with E-state index in [9.17, 15) is 29.4 Å². The van der Waals surface area contributed by atoms with E-state index in [2.05, 4.69) is 5.32 Å². The molecule has 0 unspecified atom stereocenters. The van der Waals surface area contributed by atoms with Crippen molar-refractivity contribution in [3.8, 4) is 0 Å². The number of carbonyl (C=O) groups is 4. The summed E-state index contributed by atoms with van der Waals surface area (Å²) < 4.78 is 0. The van der Waals surface area contributed by atoms with Crippen molar-refractivity contribution >= 4 is 23.6 Å². The molecule has 2 aromatic carbocycles. The van der Waals surface area contributed by atoms with Crippen molar-refractivity contribution in [1.29, 1.82) is 0 Å². The Morgan fingerprint density at radius 3 is 2.25 bits per heavy atom. The number of carboxylic acids is 1. The molecule has 1 heterocycles. The minimum absolute atomic E-state index is 0.195.